The van der Waals surface area contributed by atoms with Crippen LogP contribution in [0.4, 0.5) is 5.69 Å². The van der Waals surface area contributed by atoms with Gasteiger partial charge in [0, 0.05) is 10.2 Å². The van der Waals surface area contributed by atoms with Gasteiger partial charge in [-0.05, 0) is 65.9 Å². The van der Waals surface area contributed by atoms with Crippen LogP contribution in [0, 0.1) is 18.3 Å². The second-order valence-electron chi connectivity index (χ2n) is 6.77. The van der Waals surface area contributed by atoms with Crippen LogP contribution in [0.3, 0.4) is 0 Å². The normalized spacial score (nSPS) is 10.9. The maximum absolute atomic E-state index is 12.7. The maximum Gasteiger partial charge on any atom is 0.266 e. The van der Waals surface area contributed by atoms with Crippen molar-refractivity contribution >= 4 is 33.6 Å². The summed E-state index contributed by atoms with van der Waals surface area (Å²) in [6, 6.07) is 23.1. The van der Waals surface area contributed by atoms with E-state index in [1.807, 2.05) is 79.7 Å². The summed E-state index contributed by atoms with van der Waals surface area (Å²) in [5, 5.41) is 12.4. The van der Waals surface area contributed by atoms with Crippen LogP contribution in [0.25, 0.3) is 6.08 Å². The average Bonchev–Trinajstić information content (AvgIpc) is 2.75. The molecule has 0 radical (unpaired) electrons. The number of hydrogen-bond acceptors (Lipinski definition) is 3. The van der Waals surface area contributed by atoms with Crippen molar-refractivity contribution in [2.24, 2.45) is 0 Å². The number of carbonyl (C=O) groups is 1. The number of para-hydroxylation sites is 1. The van der Waals surface area contributed by atoms with E-state index in [-0.39, 0.29) is 5.57 Å². The Kier molecular flexibility index (Phi) is 7.05. The highest BCUT2D eigenvalue weighted by Crippen LogP contribution is 2.26. The van der Waals surface area contributed by atoms with Gasteiger partial charge in [-0.1, -0.05) is 58.4 Å². The molecule has 0 bridgehead atoms. The van der Waals surface area contributed by atoms with Crippen molar-refractivity contribution in [3.05, 3.63) is 99.0 Å². The molecule has 0 unspecified atom stereocenters. The molecular formula is C25H21BrN2O2. The molecule has 150 valence electrons. The van der Waals surface area contributed by atoms with Gasteiger partial charge in [-0.3, -0.25) is 4.79 Å². The number of carbonyl (C=O) groups excluding carboxylic acids is 1. The molecule has 4 nitrogen and oxygen atoms in total. The van der Waals surface area contributed by atoms with Gasteiger partial charge in [0.05, 0.1) is 7.11 Å². The highest BCUT2D eigenvalue weighted by atomic mass is 79.9. The Hall–Kier alpha value is -3.36. The number of hydrogen-bond donors (Lipinski definition) is 1. The summed E-state index contributed by atoms with van der Waals surface area (Å²) < 4.78 is 6.37. The molecule has 30 heavy (non-hydrogen) atoms. The smallest absolute Gasteiger partial charge is 0.266 e. The Morgan fingerprint density at radius 1 is 1.10 bits per heavy atom. The minimum atomic E-state index is -0.436. The lowest BCUT2D eigenvalue weighted by molar-refractivity contribution is -0.112. The lowest BCUT2D eigenvalue weighted by Gasteiger charge is -2.11. The van der Waals surface area contributed by atoms with E-state index in [1.165, 1.54) is 0 Å². The molecule has 0 heterocycles. The number of nitriles is 1. The molecule has 5 heteroatoms. The number of anilines is 1. The van der Waals surface area contributed by atoms with Gasteiger partial charge in [-0.15, -0.1) is 0 Å². The maximum atomic E-state index is 12.7. The summed E-state index contributed by atoms with van der Waals surface area (Å²) in [5.41, 5.74) is 4.51. The molecule has 0 aliphatic rings. The van der Waals surface area contributed by atoms with Crippen molar-refractivity contribution < 1.29 is 9.53 Å². The van der Waals surface area contributed by atoms with E-state index in [0.29, 0.717) is 12.1 Å². The SMILES string of the molecule is COc1ccc(/C=C(\C#N)C(=O)Nc2ccccc2C)c(Cc2ccccc2Br)c1. The Bertz CT molecular complexity index is 1150. The molecule has 0 aliphatic carbocycles. The van der Waals surface area contributed by atoms with E-state index in [2.05, 4.69) is 21.2 Å². The molecule has 1 N–H and O–H groups in total. The van der Waals surface area contributed by atoms with Crippen LogP contribution in [-0.2, 0) is 11.2 Å². The Labute approximate surface area is 184 Å². The number of nitrogens with one attached hydrogen (secondary N) is 1. The Morgan fingerprint density at radius 3 is 2.53 bits per heavy atom. The zero-order chi connectivity index (χ0) is 21.5. The van der Waals surface area contributed by atoms with Gasteiger partial charge >= 0.3 is 0 Å². The third kappa shape index (κ3) is 5.16. The Morgan fingerprint density at radius 2 is 1.83 bits per heavy atom. The fraction of sp³-hybridized carbons (Fsp3) is 0.120. The number of methoxy groups -OCH3 is 1. The van der Waals surface area contributed by atoms with E-state index >= 15 is 0 Å². The summed E-state index contributed by atoms with van der Waals surface area (Å²) >= 11 is 3.58. The predicted molar refractivity (Wildman–Crippen MR) is 123 cm³/mol. The standard InChI is InChI=1S/C25H21BrN2O2/c1-17-7-3-6-10-24(17)28-25(29)21(16-27)13-18-11-12-22(30-2)15-20(18)14-19-8-4-5-9-23(19)26/h3-13,15H,14H2,1-2H3,(H,28,29)/b21-13+. The van der Waals surface area contributed by atoms with E-state index in [9.17, 15) is 10.1 Å². The molecule has 3 aromatic rings. The number of nitrogens with zero attached hydrogens (tertiary/aromatic N) is 1. The fourth-order valence-corrected chi connectivity index (χ4v) is 3.48. The minimum absolute atomic E-state index is 0.0387. The molecule has 0 spiro atoms. The third-order valence-corrected chi connectivity index (χ3v) is 5.52. The van der Waals surface area contributed by atoms with Crippen molar-refractivity contribution in [3.8, 4) is 11.8 Å². The number of aryl methyl sites for hydroxylation is 1. The molecule has 3 aromatic carbocycles. The molecule has 0 saturated carbocycles. The molecule has 0 fully saturated rings. The summed E-state index contributed by atoms with van der Waals surface area (Å²) in [6.07, 6.45) is 2.25. The number of halogens is 1. The molecule has 3 rings (SSSR count). The summed E-state index contributed by atoms with van der Waals surface area (Å²) in [6.45, 7) is 1.91. The van der Waals surface area contributed by atoms with Crippen LogP contribution in [0.2, 0.25) is 0 Å². The number of benzene rings is 3. The second-order valence-corrected chi connectivity index (χ2v) is 7.63. The number of ether oxygens (including phenoxy) is 1. The first kappa shape index (κ1) is 21.4. The van der Waals surface area contributed by atoms with Crippen molar-refractivity contribution in [2.75, 3.05) is 12.4 Å². The topological polar surface area (TPSA) is 62.1 Å². The van der Waals surface area contributed by atoms with Gasteiger partial charge in [0.15, 0.2) is 0 Å². The first-order valence-corrected chi connectivity index (χ1v) is 10.2. The van der Waals surface area contributed by atoms with E-state index in [4.69, 9.17) is 4.74 Å². The molecular weight excluding hydrogens is 440 g/mol. The summed E-state index contributed by atoms with van der Waals surface area (Å²) in [4.78, 5) is 12.7. The van der Waals surface area contributed by atoms with E-state index in [0.717, 1.165) is 32.5 Å². The molecule has 0 aliphatic heterocycles. The van der Waals surface area contributed by atoms with Crippen molar-refractivity contribution in [3.63, 3.8) is 0 Å². The van der Waals surface area contributed by atoms with Crippen LogP contribution in [0.15, 0.2) is 76.8 Å². The van der Waals surface area contributed by atoms with Crippen molar-refractivity contribution in [2.45, 2.75) is 13.3 Å². The van der Waals surface area contributed by atoms with Crippen molar-refractivity contribution in [1.82, 2.24) is 0 Å². The van der Waals surface area contributed by atoms with Crippen LogP contribution in [0.1, 0.15) is 22.3 Å². The van der Waals surface area contributed by atoms with Crippen LogP contribution >= 0.6 is 15.9 Å². The summed E-state index contributed by atoms with van der Waals surface area (Å²) in [5.74, 6) is 0.284. The van der Waals surface area contributed by atoms with Gasteiger partial charge in [-0.2, -0.15) is 5.26 Å². The van der Waals surface area contributed by atoms with Gasteiger partial charge in [0.25, 0.3) is 5.91 Å². The quantitative estimate of drug-likeness (QED) is 0.367. The molecule has 1 amide bonds. The largest absolute Gasteiger partial charge is 0.497 e. The predicted octanol–water partition coefficient (Wildman–Crippen LogP) is 5.90. The van der Waals surface area contributed by atoms with Crippen LogP contribution in [0.5, 0.6) is 5.75 Å². The monoisotopic (exact) mass is 460 g/mol. The molecule has 0 aromatic heterocycles. The fourth-order valence-electron chi connectivity index (χ4n) is 3.06. The van der Waals surface area contributed by atoms with Gasteiger partial charge in [-0.25, -0.2) is 0 Å². The molecule has 0 atom stereocenters. The average molecular weight is 461 g/mol. The second kappa shape index (κ2) is 9.91. The first-order chi connectivity index (χ1) is 14.5. The zero-order valence-corrected chi connectivity index (χ0v) is 18.4. The number of rotatable bonds is 6. The van der Waals surface area contributed by atoms with Gasteiger partial charge in [0.1, 0.15) is 17.4 Å². The summed E-state index contributed by atoms with van der Waals surface area (Å²) in [7, 11) is 1.61. The first-order valence-electron chi connectivity index (χ1n) is 9.41. The van der Waals surface area contributed by atoms with Crippen LogP contribution in [-0.4, -0.2) is 13.0 Å². The lowest BCUT2D eigenvalue weighted by Crippen LogP contribution is -2.14. The van der Waals surface area contributed by atoms with Gasteiger partial charge < -0.3 is 10.1 Å². The minimum Gasteiger partial charge on any atom is -0.497 e. The highest BCUT2D eigenvalue weighted by Gasteiger charge is 2.13. The van der Waals surface area contributed by atoms with Gasteiger partial charge in [0.2, 0.25) is 0 Å². The third-order valence-electron chi connectivity index (χ3n) is 4.75. The van der Waals surface area contributed by atoms with Crippen molar-refractivity contribution in [1.29, 1.82) is 5.26 Å². The highest BCUT2D eigenvalue weighted by molar-refractivity contribution is 9.10. The van der Waals surface area contributed by atoms with Crippen LogP contribution < -0.4 is 10.1 Å². The van der Waals surface area contributed by atoms with E-state index < -0.39 is 5.91 Å². The molecule has 0 saturated heterocycles. The lowest BCUT2D eigenvalue weighted by atomic mass is 9.97. The number of amides is 1. The zero-order valence-electron chi connectivity index (χ0n) is 16.8. The van der Waals surface area contributed by atoms with E-state index in [1.54, 1.807) is 13.2 Å². The Balaban J connectivity index is 1.95.